The maximum Gasteiger partial charge on any atom is 0.407 e. The molecule has 7 heteroatoms. The van der Waals surface area contributed by atoms with Crippen LogP contribution in [-0.2, 0) is 20.9 Å². The van der Waals surface area contributed by atoms with Crippen molar-refractivity contribution >= 4 is 23.6 Å². The van der Waals surface area contributed by atoms with Gasteiger partial charge in [-0.2, -0.15) is 0 Å². The fourth-order valence-corrected chi connectivity index (χ4v) is 3.14. The fraction of sp³-hybridized carbons (Fsp3) is 0.522. The minimum atomic E-state index is -0.565. The SMILES string of the molecule is CC(C)(C)OC(=O)NCCC(=O)NCc1ccc(NC(=O)/C=C/C2CCCC2)cc1. The molecule has 3 amide bonds. The minimum absolute atomic E-state index is 0.125. The number of alkyl carbamates (subject to hydrolysis) is 1. The molecule has 0 unspecified atom stereocenters. The van der Waals surface area contributed by atoms with E-state index in [4.69, 9.17) is 4.74 Å². The first-order valence-electron chi connectivity index (χ1n) is 10.5. The van der Waals surface area contributed by atoms with E-state index in [1.54, 1.807) is 26.8 Å². The number of amides is 3. The summed E-state index contributed by atoms with van der Waals surface area (Å²) in [4.78, 5) is 35.4. The Kier molecular flexibility index (Phi) is 8.89. The van der Waals surface area contributed by atoms with E-state index in [9.17, 15) is 14.4 Å². The highest BCUT2D eigenvalue weighted by molar-refractivity contribution is 5.99. The Labute approximate surface area is 178 Å². The van der Waals surface area contributed by atoms with Crippen LogP contribution in [0.1, 0.15) is 58.4 Å². The molecule has 0 spiro atoms. The number of nitrogens with one attached hydrogen (secondary N) is 3. The molecule has 0 radical (unpaired) electrons. The number of carbonyl (C=O) groups is 3. The fourth-order valence-electron chi connectivity index (χ4n) is 3.14. The molecule has 1 saturated carbocycles. The highest BCUT2D eigenvalue weighted by Gasteiger charge is 2.16. The largest absolute Gasteiger partial charge is 0.444 e. The number of benzene rings is 1. The van der Waals surface area contributed by atoms with Crippen molar-refractivity contribution in [3.63, 3.8) is 0 Å². The molecule has 0 atom stereocenters. The Balaban J connectivity index is 1.65. The van der Waals surface area contributed by atoms with E-state index in [0.717, 1.165) is 5.56 Å². The third kappa shape index (κ3) is 9.58. The predicted octanol–water partition coefficient (Wildman–Crippen LogP) is 3.90. The van der Waals surface area contributed by atoms with Crippen molar-refractivity contribution in [2.75, 3.05) is 11.9 Å². The lowest BCUT2D eigenvalue weighted by Crippen LogP contribution is -2.35. The van der Waals surface area contributed by atoms with Gasteiger partial charge in [0.05, 0.1) is 0 Å². The second kappa shape index (κ2) is 11.4. The summed E-state index contributed by atoms with van der Waals surface area (Å²) in [6.45, 7) is 5.93. The van der Waals surface area contributed by atoms with Crippen LogP contribution < -0.4 is 16.0 Å². The number of allylic oxidation sites excluding steroid dienone is 1. The van der Waals surface area contributed by atoms with Gasteiger partial charge in [-0.25, -0.2) is 4.79 Å². The van der Waals surface area contributed by atoms with Crippen LogP contribution >= 0.6 is 0 Å². The normalized spacial score (nSPS) is 14.5. The van der Waals surface area contributed by atoms with Crippen molar-refractivity contribution < 1.29 is 19.1 Å². The number of anilines is 1. The van der Waals surface area contributed by atoms with E-state index in [0.29, 0.717) is 18.2 Å². The first kappa shape index (κ1) is 23.4. The van der Waals surface area contributed by atoms with Crippen molar-refractivity contribution in [3.05, 3.63) is 42.0 Å². The third-order valence-corrected chi connectivity index (χ3v) is 4.65. The molecular weight excluding hydrogens is 382 g/mol. The van der Waals surface area contributed by atoms with Gasteiger partial charge in [0.2, 0.25) is 11.8 Å². The van der Waals surface area contributed by atoms with Gasteiger partial charge >= 0.3 is 6.09 Å². The molecule has 0 aliphatic heterocycles. The molecule has 0 saturated heterocycles. The molecule has 164 valence electrons. The zero-order valence-corrected chi connectivity index (χ0v) is 18.1. The van der Waals surface area contributed by atoms with Crippen LogP contribution in [0.25, 0.3) is 0 Å². The number of hydrogen-bond acceptors (Lipinski definition) is 4. The molecular formula is C23H33N3O4. The lowest BCUT2D eigenvalue weighted by molar-refractivity contribution is -0.121. The first-order chi connectivity index (χ1) is 14.2. The maximum atomic E-state index is 12.0. The summed E-state index contributed by atoms with van der Waals surface area (Å²) >= 11 is 0. The molecule has 1 aliphatic carbocycles. The summed E-state index contributed by atoms with van der Waals surface area (Å²) in [5.74, 6) is 0.238. The highest BCUT2D eigenvalue weighted by atomic mass is 16.6. The van der Waals surface area contributed by atoms with Crippen LogP contribution in [-0.4, -0.2) is 30.1 Å². The zero-order valence-electron chi connectivity index (χ0n) is 18.1. The molecule has 0 aromatic heterocycles. The average molecular weight is 416 g/mol. The summed E-state index contributed by atoms with van der Waals surface area (Å²) in [5, 5.41) is 8.20. The Hall–Kier alpha value is -2.83. The summed E-state index contributed by atoms with van der Waals surface area (Å²) in [5.41, 5.74) is 1.07. The van der Waals surface area contributed by atoms with Crippen molar-refractivity contribution in [3.8, 4) is 0 Å². The van der Waals surface area contributed by atoms with Crippen LogP contribution in [0.5, 0.6) is 0 Å². The van der Waals surface area contributed by atoms with E-state index in [-0.39, 0.29) is 24.8 Å². The van der Waals surface area contributed by atoms with Gasteiger partial charge < -0.3 is 20.7 Å². The van der Waals surface area contributed by atoms with E-state index in [2.05, 4.69) is 16.0 Å². The van der Waals surface area contributed by atoms with Gasteiger partial charge in [-0.1, -0.05) is 31.1 Å². The summed E-state index contributed by atoms with van der Waals surface area (Å²) in [6, 6.07) is 7.34. The Bertz CT molecular complexity index is 745. The third-order valence-electron chi connectivity index (χ3n) is 4.65. The van der Waals surface area contributed by atoms with Crippen molar-refractivity contribution in [2.24, 2.45) is 5.92 Å². The van der Waals surface area contributed by atoms with E-state index in [1.807, 2.05) is 30.3 Å². The summed E-state index contributed by atoms with van der Waals surface area (Å²) < 4.78 is 5.11. The molecule has 0 heterocycles. The van der Waals surface area contributed by atoms with Gasteiger partial charge in [0.1, 0.15) is 5.60 Å². The monoisotopic (exact) mass is 415 g/mol. The molecule has 30 heavy (non-hydrogen) atoms. The van der Waals surface area contributed by atoms with Gasteiger partial charge in [-0.3, -0.25) is 9.59 Å². The van der Waals surface area contributed by atoms with Crippen molar-refractivity contribution in [1.29, 1.82) is 0 Å². The molecule has 1 aromatic rings. The van der Waals surface area contributed by atoms with Crippen molar-refractivity contribution in [2.45, 2.75) is 65.0 Å². The molecule has 0 bridgehead atoms. The van der Waals surface area contributed by atoms with Crippen LogP contribution in [0, 0.1) is 5.92 Å². The number of rotatable bonds is 8. The molecule has 3 N–H and O–H groups in total. The van der Waals surface area contributed by atoms with E-state index in [1.165, 1.54) is 25.7 Å². The predicted molar refractivity (Wildman–Crippen MR) is 117 cm³/mol. The lowest BCUT2D eigenvalue weighted by Gasteiger charge is -2.19. The lowest BCUT2D eigenvalue weighted by atomic mass is 10.1. The van der Waals surface area contributed by atoms with Crippen LogP contribution in [0.4, 0.5) is 10.5 Å². The first-order valence-corrected chi connectivity index (χ1v) is 10.5. The minimum Gasteiger partial charge on any atom is -0.444 e. The van der Waals surface area contributed by atoms with Gasteiger partial charge in [-0.05, 0) is 63.3 Å². The molecule has 1 fully saturated rings. The smallest absolute Gasteiger partial charge is 0.407 e. The Morgan fingerprint density at radius 2 is 1.73 bits per heavy atom. The van der Waals surface area contributed by atoms with Crippen LogP contribution in [0.15, 0.2) is 36.4 Å². The Morgan fingerprint density at radius 1 is 1.07 bits per heavy atom. The highest BCUT2D eigenvalue weighted by Crippen LogP contribution is 2.25. The summed E-state index contributed by atoms with van der Waals surface area (Å²) in [6.07, 6.45) is 8.08. The number of hydrogen-bond donors (Lipinski definition) is 3. The van der Waals surface area contributed by atoms with Gasteiger partial charge in [0.25, 0.3) is 0 Å². The number of ether oxygens (including phenoxy) is 1. The quantitative estimate of drug-likeness (QED) is 0.561. The van der Waals surface area contributed by atoms with Gasteiger partial charge in [0, 0.05) is 25.2 Å². The number of carbonyl (C=O) groups excluding carboxylic acids is 3. The van der Waals surface area contributed by atoms with Crippen LogP contribution in [0.3, 0.4) is 0 Å². The van der Waals surface area contributed by atoms with Crippen LogP contribution in [0.2, 0.25) is 0 Å². The Morgan fingerprint density at radius 3 is 2.37 bits per heavy atom. The second-order valence-electron chi connectivity index (χ2n) is 8.55. The van der Waals surface area contributed by atoms with E-state index >= 15 is 0 Å². The standard InChI is InChI=1S/C23H33N3O4/c1-23(2,3)30-22(29)24-15-14-20(27)25-16-18-8-11-19(12-9-18)26-21(28)13-10-17-6-4-5-7-17/h8-13,17H,4-7,14-16H2,1-3H3,(H,24,29)(H,25,27)(H,26,28)/b13-10+. The molecule has 7 nitrogen and oxygen atoms in total. The van der Waals surface area contributed by atoms with Gasteiger partial charge in [0.15, 0.2) is 0 Å². The zero-order chi connectivity index (χ0) is 22.0. The molecule has 2 rings (SSSR count). The molecule has 1 aromatic carbocycles. The van der Waals surface area contributed by atoms with Gasteiger partial charge in [-0.15, -0.1) is 0 Å². The maximum absolute atomic E-state index is 12.0. The second-order valence-corrected chi connectivity index (χ2v) is 8.55. The average Bonchev–Trinajstić information content (AvgIpc) is 3.18. The van der Waals surface area contributed by atoms with Crippen molar-refractivity contribution in [1.82, 2.24) is 10.6 Å². The topological polar surface area (TPSA) is 96.5 Å². The summed E-state index contributed by atoms with van der Waals surface area (Å²) in [7, 11) is 0. The molecule has 1 aliphatic rings. The van der Waals surface area contributed by atoms with E-state index < -0.39 is 11.7 Å².